The van der Waals surface area contributed by atoms with E-state index in [1.165, 1.54) is 0 Å². The number of sulfone groups is 1. The van der Waals surface area contributed by atoms with Crippen LogP contribution in [-0.2, 0) is 20.4 Å². The van der Waals surface area contributed by atoms with E-state index in [1.54, 1.807) is 48.5 Å². The molecule has 2 amide bonds. The highest BCUT2D eigenvalue weighted by molar-refractivity contribution is 7.91. The van der Waals surface area contributed by atoms with E-state index < -0.39 is 21.5 Å². The van der Waals surface area contributed by atoms with Crippen molar-refractivity contribution in [3.05, 3.63) is 65.7 Å². The number of carbonyl (C=O) groups is 2. The van der Waals surface area contributed by atoms with E-state index in [-0.39, 0.29) is 11.7 Å². The number of amides is 2. The number of benzene rings is 2. The summed E-state index contributed by atoms with van der Waals surface area (Å²) >= 11 is 0. The third-order valence-electron chi connectivity index (χ3n) is 4.89. The van der Waals surface area contributed by atoms with Crippen LogP contribution in [-0.4, -0.2) is 44.0 Å². The second-order valence-electron chi connectivity index (χ2n) is 7.35. The first-order valence-corrected chi connectivity index (χ1v) is 11.7. The first-order chi connectivity index (χ1) is 13.9. The number of hydrogen-bond donors (Lipinski definition) is 1. The van der Waals surface area contributed by atoms with E-state index in [1.807, 2.05) is 11.0 Å². The Bertz CT molecular complexity index is 933. The van der Waals surface area contributed by atoms with Gasteiger partial charge in [-0.15, -0.1) is 0 Å². The van der Waals surface area contributed by atoms with Crippen molar-refractivity contribution < 1.29 is 18.0 Å². The van der Waals surface area contributed by atoms with Gasteiger partial charge in [0, 0.05) is 24.3 Å². The molecule has 7 heteroatoms. The predicted octanol–water partition coefficient (Wildman–Crippen LogP) is 3.26. The summed E-state index contributed by atoms with van der Waals surface area (Å²) < 4.78 is 24.7. The summed E-state index contributed by atoms with van der Waals surface area (Å²) in [6.07, 6.45) is 4.34. The highest BCUT2D eigenvalue weighted by Gasteiger charge is 2.20. The monoisotopic (exact) mass is 414 g/mol. The van der Waals surface area contributed by atoms with E-state index >= 15 is 0 Å². The quantitative estimate of drug-likeness (QED) is 0.786. The molecule has 1 saturated heterocycles. The summed E-state index contributed by atoms with van der Waals surface area (Å²) in [5.41, 5.74) is 1.68. The predicted molar refractivity (Wildman–Crippen MR) is 113 cm³/mol. The first-order valence-electron chi connectivity index (χ1n) is 9.86. The maximum atomic E-state index is 12.6. The van der Waals surface area contributed by atoms with Crippen LogP contribution in [0.1, 0.15) is 41.6 Å². The normalized spacial score (nSPS) is 14.8. The molecule has 3 rings (SSSR count). The van der Waals surface area contributed by atoms with Crippen LogP contribution in [0, 0.1) is 0 Å². The molecule has 1 N–H and O–H groups in total. The van der Waals surface area contributed by atoms with Crippen molar-refractivity contribution in [1.29, 1.82) is 0 Å². The van der Waals surface area contributed by atoms with Gasteiger partial charge in [0.25, 0.3) is 5.91 Å². The van der Waals surface area contributed by atoms with Crippen molar-refractivity contribution in [2.24, 2.45) is 0 Å². The molecule has 0 radical (unpaired) electrons. The van der Waals surface area contributed by atoms with Crippen molar-refractivity contribution in [2.75, 3.05) is 24.2 Å². The number of nitrogens with zero attached hydrogens (tertiary/aromatic N) is 1. The average Bonchev–Trinajstić information content (AvgIpc) is 2.97. The SMILES string of the molecule is O=C(CS(=O)(=O)Cc1ccc(C(=O)N2CCCCCC2)cc1)Nc1ccccc1. The molecule has 6 nitrogen and oxygen atoms in total. The summed E-state index contributed by atoms with van der Waals surface area (Å²) in [5.74, 6) is -1.41. The van der Waals surface area contributed by atoms with Gasteiger partial charge in [-0.1, -0.05) is 43.2 Å². The zero-order valence-corrected chi connectivity index (χ0v) is 17.2. The number of rotatable bonds is 6. The molecule has 0 aliphatic carbocycles. The van der Waals surface area contributed by atoms with Gasteiger partial charge >= 0.3 is 0 Å². The molecule has 1 aliphatic heterocycles. The second kappa shape index (κ2) is 9.69. The maximum Gasteiger partial charge on any atom is 0.253 e. The van der Waals surface area contributed by atoms with E-state index in [0.29, 0.717) is 16.8 Å². The number of nitrogens with one attached hydrogen (secondary N) is 1. The number of carbonyl (C=O) groups excluding carboxylic acids is 2. The Morgan fingerprint density at radius 1 is 0.862 bits per heavy atom. The van der Waals surface area contributed by atoms with Gasteiger partial charge in [-0.25, -0.2) is 8.42 Å². The van der Waals surface area contributed by atoms with Crippen molar-refractivity contribution in [3.63, 3.8) is 0 Å². The molecule has 0 bridgehead atoms. The number of para-hydroxylation sites is 1. The Hall–Kier alpha value is -2.67. The number of likely N-dealkylation sites (tertiary alicyclic amines) is 1. The van der Waals surface area contributed by atoms with Gasteiger partial charge in [0.15, 0.2) is 9.84 Å². The molecule has 0 unspecified atom stereocenters. The molecule has 0 aromatic heterocycles. The minimum Gasteiger partial charge on any atom is -0.339 e. The molecule has 1 fully saturated rings. The summed E-state index contributed by atoms with van der Waals surface area (Å²) in [7, 11) is -3.62. The largest absolute Gasteiger partial charge is 0.339 e. The van der Waals surface area contributed by atoms with Crippen LogP contribution >= 0.6 is 0 Å². The summed E-state index contributed by atoms with van der Waals surface area (Å²) in [6, 6.07) is 15.4. The Morgan fingerprint density at radius 3 is 2.10 bits per heavy atom. The average molecular weight is 415 g/mol. The number of anilines is 1. The van der Waals surface area contributed by atoms with Gasteiger partial charge < -0.3 is 10.2 Å². The standard InChI is InChI=1S/C22H26N2O4S/c25-21(23-20-8-4-3-5-9-20)17-29(27,28)16-18-10-12-19(13-11-18)22(26)24-14-6-1-2-7-15-24/h3-5,8-13H,1-2,6-7,14-17H2,(H,23,25). The Kier molecular flexibility index (Phi) is 7.04. The van der Waals surface area contributed by atoms with Crippen molar-refractivity contribution in [2.45, 2.75) is 31.4 Å². The van der Waals surface area contributed by atoms with Crippen LogP contribution in [0.2, 0.25) is 0 Å². The fourth-order valence-electron chi connectivity index (χ4n) is 3.42. The lowest BCUT2D eigenvalue weighted by Crippen LogP contribution is -2.31. The third kappa shape index (κ3) is 6.42. The van der Waals surface area contributed by atoms with E-state index in [0.717, 1.165) is 38.8 Å². The second-order valence-corrected chi connectivity index (χ2v) is 9.41. The molecule has 1 heterocycles. The molecule has 0 spiro atoms. The lowest BCUT2D eigenvalue weighted by Gasteiger charge is -2.20. The van der Waals surface area contributed by atoms with Crippen LogP contribution in [0.4, 0.5) is 5.69 Å². The van der Waals surface area contributed by atoms with Crippen LogP contribution in [0.5, 0.6) is 0 Å². The third-order valence-corrected chi connectivity index (χ3v) is 6.36. The lowest BCUT2D eigenvalue weighted by molar-refractivity contribution is -0.113. The van der Waals surface area contributed by atoms with Crippen molar-refractivity contribution in [3.8, 4) is 0 Å². The summed E-state index contributed by atoms with van der Waals surface area (Å²) in [6.45, 7) is 1.54. The van der Waals surface area contributed by atoms with Crippen molar-refractivity contribution >= 4 is 27.3 Å². The minimum absolute atomic E-state index is 0.0106. The number of hydrogen-bond acceptors (Lipinski definition) is 4. The smallest absolute Gasteiger partial charge is 0.253 e. The van der Waals surface area contributed by atoms with Crippen molar-refractivity contribution in [1.82, 2.24) is 4.90 Å². The zero-order chi connectivity index (χ0) is 20.7. The Morgan fingerprint density at radius 2 is 1.48 bits per heavy atom. The molecular formula is C22H26N2O4S. The molecule has 0 saturated carbocycles. The van der Waals surface area contributed by atoms with Gasteiger partial charge in [-0.2, -0.15) is 0 Å². The highest BCUT2D eigenvalue weighted by atomic mass is 32.2. The van der Waals surface area contributed by atoms with Crippen LogP contribution in [0.15, 0.2) is 54.6 Å². The molecule has 154 valence electrons. The molecule has 0 atom stereocenters. The maximum absolute atomic E-state index is 12.6. The van der Waals surface area contributed by atoms with Gasteiger partial charge in [0.05, 0.1) is 5.75 Å². The highest BCUT2D eigenvalue weighted by Crippen LogP contribution is 2.15. The van der Waals surface area contributed by atoms with Crippen LogP contribution < -0.4 is 5.32 Å². The van der Waals surface area contributed by atoms with E-state index in [4.69, 9.17) is 0 Å². The van der Waals surface area contributed by atoms with E-state index in [9.17, 15) is 18.0 Å². The lowest BCUT2D eigenvalue weighted by atomic mass is 10.1. The molecule has 29 heavy (non-hydrogen) atoms. The van der Waals surface area contributed by atoms with Gasteiger partial charge in [-0.3, -0.25) is 9.59 Å². The van der Waals surface area contributed by atoms with Gasteiger partial charge in [-0.05, 0) is 42.7 Å². The minimum atomic E-state index is -3.62. The molecular weight excluding hydrogens is 388 g/mol. The molecule has 2 aromatic rings. The summed E-state index contributed by atoms with van der Waals surface area (Å²) in [4.78, 5) is 26.5. The van der Waals surface area contributed by atoms with Gasteiger partial charge in [0.2, 0.25) is 5.91 Å². The van der Waals surface area contributed by atoms with Crippen LogP contribution in [0.25, 0.3) is 0 Å². The molecule has 2 aromatic carbocycles. The Labute approximate surface area is 171 Å². The van der Waals surface area contributed by atoms with Gasteiger partial charge in [0.1, 0.15) is 5.75 Å². The fourth-order valence-corrected chi connectivity index (χ4v) is 4.70. The topological polar surface area (TPSA) is 83.5 Å². The van der Waals surface area contributed by atoms with Crippen LogP contribution in [0.3, 0.4) is 0 Å². The Balaban J connectivity index is 1.57. The zero-order valence-electron chi connectivity index (χ0n) is 16.3. The fraction of sp³-hybridized carbons (Fsp3) is 0.364. The summed E-state index contributed by atoms with van der Waals surface area (Å²) in [5, 5.41) is 2.58. The molecule has 1 aliphatic rings. The van der Waals surface area contributed by atoms with E-state index in [2.05, 4.69) is 5.32 Å². The first kappa shape index (κ1) is 21.0.